The van der Waals surface area contributed by atoms with Gasteiger partial charge in [-0.1, -0.05) is 26.0 Å². The van der Waals surface area contributed by atoms with Crippen LogP contribution in [-0.4, -0.2) is 134 Å². The Morgan fingerprint density at radius 3 is 2.55 bits per heavy atom. The third-order valence-corrected chi connectivity index (χ3v) is 9.59. The van der Waals surface area contributed by atoms with Crippen molar-refractivity contribution in [3.05, 3.63) is 53.6 Å². The zero-order valence-electron chi connectivity index (χ0n) is 29.1. The molecule has 0 saturated carbocycles. The number of likely N-dealkylation sites (tertiary alicyclic amines) is 2. The molecule has 1 N–H and O–H groups in total. The number of piperidine rings is 2. The van der Waals surface area contributed by atoms with Crippen LogP contribution in [0.4, 0.5) is 0 Å². The number of nitrogens with one attached hydrogen (secondary N) is 1. The van der Waals surface area contributed by atoms with E-state index in [0.29, 0.717) is 25.7 Å². The summed E-state index contributed by atoms with van der Waals surface area (Å²) in [5, 5.41) is 3.45. The van der Waals surface area contributed by atoms with E-state index in [0.717, 1.165) is 88.2 Å². The number of rotatable bonds is 12. The lowest BCUT2D eigenvalue weighted by Gasteiger charge is -2.36. The molecule has 2 aromatic rings. The molecule has 262 valence electrons. The Balaban J connectivity index is 0.00000120. The number of nitrogens with zero attached hydrogens (tertiary/aromatic N) is 6. The summed E-state index contributed by atoms with van der Waals surface area (Å²) >= 11 is 3.53. The van der Waals surface area contributed by atoms with Gasteiger partial charge < -0.3 is 29.5 Å². The van der Waals surface area contributed by atoms with Crippen molar-refractivity contribution in [2.75, 3.05) is 98.1 Å². The standard InChI is InChI=1S/C33H49N7O3.C2H6.CH4S/c41-33(25-39-22-30-20-35-26-36-32(30)24-39)40-10-2-4-29(23-40)28-3-1-5-31(19-28)43-18-17-42-16-15-37-11-6-27(7-12-37)21-38-13-8-34-9-14-38;2*1-2/h1,3,5,19-20,26-27,29,34H,2,4,6-18,21-25H2;1-2H3;2H,1H3. The van der Waals surface area contributed by atoms with Crippen molar-refractivity contribution >= 4 is 18.5 Å². The van der Waals surface area contributed by atoms with E-state index in [2.05, 4.69) is 60.8 Å². The molecule has 0 radical (unpaired) electrons. The van der Waals surface area contributed by atoms with E-state index >= 15 is 0 Å². The Morgan fingerprint density at radius 1 is 0.957 bits per heavy atom. The number of carbonyl (C=O) groups excluding carboxylic acids is 1. The molecular weight excluding hydrogens is 611 g/mol. The van der Waals surface area contributed by atoms with Crippen LogP contribution in [0.5, 0.6) is 5.75 Å². The van der Waals surface area contributed by atoms with Crippen molar-refractivity contribution < 1.29 is 14.3 Å². The molecule has 3 fully saturated rings. The lowest BCUT2D eigenvalue weighted by molar-refractivity contribution is -0.133. The van der Waals surface area contributed by atoms with Crippen LogP contribution in [0.3, 0.4) is 0 Å². The van der Waals surface area contributed by atoms with Crippen molar-refractivity contribution in [1.29, 1.82) is 0 Å². The highest BCUT2D eigenvalue weighted by molar-refractivity contribution is 7.79. The summed E-state index contributed by atoms with van der Waals surface area (Å²) in [4.78, 5) is 31.0. The number of benzene rings is 1. The van der Waals surface area contributed by atoms with Gasteiger partial charge in [0.15, 0.2) is 0 Å². The van der Waals surface area contributed by atoms with E-state index in [1.165, 1.54) is 51.1 Å². The Kier molecular flexibility index (Phi) is 16.7. The fourth-order valence-electron chi connectivity index (χ4n) is 7.07. The predicted molar refractivity (Wildman–Crippen MR) is 192 cm³/mol. The summed E-state index contributed by atoms with van der Waals surface area (Å²) in [7, 11) is 0. The van der Waals surface area contributed by atoms with Gasteiger partial charge >= 0.3 is 0 Å². The van der Waals surface area contributed by atoms with E-state index in [1.807, 2.05) is 31.0 Å². The normalized spacial score (nSPS) is 20.9. The molecule has 1 atom stereocenters. The summed E-state index contributed by atoms with van der Waals surface area (Å²) in [6.45, 7) is 18.7. The molecule has 5 heterocycles. The topological polar surface area (TPSA) is 86.3 Å². The SMILES string of the molecule is CC.CS.O=C(CN1Cc2cncnc2C1)N1CCCC(c2cccc(OCCOCCN3CCC(CN4CCNCC4)CC3)c2)C1. The molecule has 4 aliphatic rings. The number of ether oxygens (including phenoxy) is 2. The highest BCUT2D eigenvalue weighted by Gasteiger charge is 2.28. The van der Waals surface area contributed by atoms with Crippen molar-refractivity contribution in [2.24, 2.45) is 5.92 Å². The Hall–Kier alpha value is -2.28. The van der Waals surface area contributed by atoms with Gasteiger partial charge in [-0.05, 0) is 68.6 Å². The lowest BCUT2D eigenvalue weighted by atomic mass is 9.90. The maximum atomic E-state index is 13.2. The van der Waals surface area contributed by atoms with Gasteiger partial charge in [-0.15, -0.1) is 0 Å². The van der Waals surface area contributed by atoms with Gasteiger partial charge in [-0.25, -0.2) is 9.97 Å². The van der Waals surface area contributed by atoms with Crippen molar-refractivity contribution in [3.8, 4) is 5.75 Å². The van der Waals surface area contributed by atoms with Crippen LogP contribution in [-0.2, 0) is 22.6 Å². The zero-order chi connectivity index (χ0) is 33.3. The number of thiol groups is 1. The molecule has 1 aromatic heterocycles. The summed E-state index contributed by atoms with van der Waals surface area (Å²) in [5.41, 5.74) is 3.42. The minimum absolute atomic E-state index is 0.203. The maximum Gasteiger partial charge on any atom is 0.236 e. The van der Waals surface area contributed by atoms with Gasteiger partial charge in [0.25, 0.3) is 0 Å². The fourth-order valence-corrected chi connectivity index (χ4v) is 7.07. The van der Waals surface area contributed by atoms with Crippen LogP contribution in [0.2, 0.25) is 0 Å². The summed E-state index contributed by atoms with van der Waals surface area (Å²) in [6.07, 6.45) is 9.87. The van der Waals surface area contributed by atoms with Gasteiger partial charge in [-0.2, -0.15) is 12.6 Å². The average Bonchev–Trinajstić information content (AvgIpc) is 3.55. The van der Waals surface area contributed by atoms with Gasteiger partial charge in [0.2, 0.25) is 5.91 Å². The largest absolute Gasteiger partial charge is 0.491 e. The molecule has 6 rings (SSSR count). The highest BCUT2D eigenvalue weighted by atomic mass is 32.1. The first-order chi connectivity index (χ1) is 23.2. The second-order valence-corrected chi connectivity index (χ2v) is 12.7. The second kappa shape index (κ2) is 20.9. The summed E-state index contributed by atoms with van der Waals surface area (Å²) in [5.74, 6) is 2.27. The Morgan fingerprint density at radius 2 is 1.77 bits per heavy atom. The Labute approximate surface area is 289 Å². The summed E-state index contributed by atoms with van der Waals surface area (Å²) < 4.78 is 12.0. The van der Waals surface area contributed by atoms with Crippen molar-refractivity contribution in [1.82, 2.24) is 34.9 Å². The second-order valence-electron chi connectivity index (χ2n) is 12.7. The van der Waals surface area contributed by atoms with E-state index in [1.54, 1.807) is 12.6 Å². The van der Waals surface area contributed by atoms with Crippen molar-refractivity contribution in [2.45, 2.75) is 58.5 Å². The quantitative estimate of drug-likeness (QED) is 0.259. The van der Waals surface area contributed by atoms with Crippen LogP contribution in [0.1, 0.15) is 62.3 Å². The number of carbonyl (C=O) groups is 1. The lowest BCUT2D eigenvalue weighted by Crippen LogP contribution is -2.47. The molecule has 0 spiro atoms. The molecule has 1 amide bonds. The van der Waals surface area contributed by atoms with E-state index in [4.69, 9.17) is 9.47 Å². The van der Waals surface area contributed by atoms with Gasteiger partial charge in [-0.3, -0.25) is 9.69 Å². The van der Waals surface area contributed by atoms with Crippen LogP contribution < -0.4 is 10.1 Å². The number of amides is 1. The zero-order valence-corrected chi connectivity index (χ0v) is 30.0. The highest BCUT2D eigenvalue weighted by Crippen LogP contribution is 2.30. The number of aromatic nitrogens is 2. The minimum Gasteiger partial charge on any atom is -0.491 e. The maximum absolute atomic E-state index is 13.2. The number of fused-ring (bicyclic) bond motifs is 1. The predicted octanol–water partition coefficient (Wildman–Crippen LogP) is 3.78. The number of piperazine rings is 1. The van der Waals surface area contributed by atoms with Gasteiger partial charge in [0.1, 0.15) is 18.7 Å². The first kappa shape index (κ1) is 37.5. The molecule has 1 aromatic carbocycles. The monoisotopic (exact) mass is 669 g/mol. The first-order valence-corrected chi connectivity index (χ1v) is 18.8. The number of hydrogen-bond donors (Lipinski definition) is 2. The van der Waals surface area contributed by atoms with Crippen LogP contribution in [0, 0.1) is 5.92 Å². The van der Waals surface area contributed by atoms with Crippen LogP contribution >= 0.6 is 12.6 Å². The average molecular weight is 670 g/mol. The molecule has 4 aliphatic heterocycles. The molecule has 47 heavy (non-hydrogen) atoms. The summed E-state index contributed by atoms with van der Waals surface area (Å²) in [6, 6.07) is 8.41. The molecule has 3 saturated heterocycles. The Bertz CT molecular complexity index is 1150. The molecule has 1 unspecified atom stereocenters. The van der Waals surface area contributed by atoms with E-state index in [-0.39, 0.29) is 5.91 Å². The molecule has 0 aliphatic carbocycles. The molecule has 0 bridgehead atoms. The molecule has 10 nitrogen and oxygen atoms in total. The minimum atomic E-state index is 0.203. The van der Waals surface area contributed by atoms with E-state index in [9.17, 15) is 4.79 Å². The third-order valence-electron chi connectivity index (χ3n) is 9.59. The van der Waals surface area contributed by atoms with Crippen LogP contribution in [0.15, 0.2) is 36.8 Å². The third kappa shape index (κ3) is 12.0. The smallest absolute Gasteiger partial charge is 0.236 e. The fraction of sp³-hybridized carbons (Fsp3) is 0.694. The molecular formula is C36H59N7O3S. The van der Waals surface area contributed by atoms with Gasteiger partial charge in [0.05, 0.1) is 25.5 Å². The first-order valence-electron chi connectivity index (χ1n) is 17.9. The van der Waals surface area contributed by atoms with E-state index < -0.39 is 0 Å². The van der Waals surface area contributed by atoms with Crippen LogP contribution in [0.25, 0.3) is 0 Å². The van der Waals surface area contributed by atoms with Crippen molar-refractivity contribution in [3.63, 3.8) is 0 Å². The van der Waals surface area contributed by atoms with Gasteiger partial charge in [0, 0.05) is 83.1 Å². The molecule has 11 heteroatoms. The number of hydrogen-bond acceptors (Lipinski definition) is 10.